The minimum atomic E-state index is -0.0843. The van der Waals surface area contributed by atoms with E-state index in [4.69, 9.17) is 21.8 Å². The van der Waals surface area contributed by atoms with Crippen LogP contribution in [0.5, 0.6) is 0 Å². The van der Waals surface area contributed by atoms with Gasteiger partial charge in [0.1, 0.15) is 5.69 Å². The summed E-state index contributed by atoms with van der Waals surface area (Å²) in [6.07, 6.45) is 2.52. The SMILES string of the molecule is CC1CC(CN)CN1C(=O)c1cc(-c2ccco2)n(-c2ccc(Cl)cc2)n1.Cl. The maximum Gasteiger partial charge on any atom is 0.274 e. The number of furan rings is 1. The predicted octanol–water partition coefficient (Wildman–Crippen LogP) is 4.02. The molecular formula is C20H22Cl2N4O2. The molecule has 1 aliphatic heterocycles. The molecule has 8 heteroatoms. The molecule has 1 aliphatic rings. The average molecular weight is 421 g/mol. The Kier molecular flexibility index (Phi) is 6.13. The molecule has 1 fully saturated rings. The molecule has 6 nitrogen and oxygen atoms in total. The highest BCUT2D eigenvalue weighted by Gasteiger charge is 2.33. The van der Waals surface area contributed by atoms with Crippen molar-refractivity contribution in [2.75, 3.05) is 13.1 Å². The van der Waals surface area contributed by atoms with E-state index < -0.39 is 0 Å². The van der Waals surface area contributed by atoms with Crippen LogP contribution < -0.4 is 5.73 Å². The second-order valence-corrected chi connectivity index (χ2v) is 7.36. The van der Waals surface area contributed by atoms with E-state index in [2.05, 4.69) is 12.0 Å². The van der Waals surface area contributed by atoms with E-state index in [9.17, 15) is 4.79 Å². The molecule has 148 valence electrons. The van der Waals surface area contributed by atoms with Crippen molar-refractivity contribution in [1.29, 1.82) is 0 Å². The molecule has 0 radical (unpaired) electrons. The molecule has 2 N–H and O–H groups in total. The van der Waals surface area contributed by atoms with Crippen molar-refractivity contribution >= 4 is 29.9 Å². The fourth-order valence-electron chi connectivity index (χ4n) is 3.61. The highest BCUT2D eigenvalue weighted by Crippen LogP contribution is 2.28. The van der Waals surface area contributed by atoms with Gasteiger partial charge in [-0.25, -0.2) is 4.68 Å². The van der Waals surface area contributed by atoms with Crippen LogP contribution >= 0.6 is 24.0 Å². The Bertz CT molecular complexity index is 938. The quantitative estimate of drug-likeness (QED) is 0.691. The van der Waals surface area contributed by atoms with Gasteiger partial charge in [-0.15, -0.1) is 12.4 Å². The van der Waals surface area contributed by atoms with Gasteiger partial charge in [0, 0.05) is 23.7 Å². The standard InChI is InChI=1S/C20H21ClN4O2.ClH/c1-13-9-14(11-22)12-24(13)20(26)17-10-18(19-3-2-8-27-19)25(23-17)16-6-4-15(21)5-7-16;/h2-8,10,13-14H,9,11-12,22H2,1H3;1H. The van der Waals surface area contributed by atoms with Gasteiger partial charge in [-0.2, -0.15) is 5.10 Å². The largest absolute Gasteiger partial charge is 0.463 e. The second-order valence-electron chi connectivity index (χ2n) is 6.92. The van der Waals surface area contributed by atoms with E-state index in [1.54, 1.807) is 29.1 Å². The Morgan fingerprint density at radius 2 is 2.07 bits per heavy atom. The lowest BCUT2D eigenvalue weighted by Gasteiger charge is -2.20. The Balaban J connectivity index is 0.00000225. The van der Waals surface area contributed by atoms with Gasteiger partial charge in [0.25, 0.3) is 5.91 Å². The summed E-state index contributed by atoms with van der Waals surface area (Å²) in [7, 11) is 0. The Labute approximate surface area is 174 Å². The van der Waals surface area contributed by atoms with Gasteiger partial charge in [-0.05, 0) is 62.2 Å². The van der Waals surface area contributed by atoms with E-state index in [1.165, 1.54) is 0 Å². The smallest absolute Gasteiger partial charge is 0.274 e. The minimum Gasteiger partial charge on any atom is -0.463 e. The number of halogens is 2. The maximum atomic E-state index is 13.1. The number of nitrogens with two attached hydrogens (primary N) is 1. The third kappa shape index (κ3) is 3.81. The van der Waals surface area contributed by atoms with Crippen molar-refractivity contribution < 1.29 is 9.21 Å². The predicted molar refractivity (Wildman–Crippen MR) is 111 cm³/mol. The monoisotopic (exact) mass is 420 g/mol. The number of amides is 1. The van der Waals surface area contributed by atoms with Crippen LogP contribution in [0.15, 0.2) is 53.1 Å². The molecule has 0 spiro atoms. The molecule has 4 rings (SSSR count). The summed E-state index contributed by atoms with van der Waals surface area (Å²) in [5, 5.41) is 5.23. The fourth-order valence-corrected chi connectivity index (χ4v) is 3.73. The fraction of sp³-hybridized carbons (Fsp3) is 0.300. The lowest BCUT2D eigenvalue weighted by Crippen LogP contribution is -2.34. The highest BCUT2D eigenvalue weighted by atomic mass is 35.5. The summed E-state index contributed by atoms with van der Waals surface area (Å²) in [5.74, 6) is 0.900. The number of benzene rings is 1. The van der Waals surface area contributed by atoms with Crippen LogP contribution in [-0.2, 0) is 0 Å². The molecule has 1 aromatic carbocycles. The zero-order valence-electron chi connectivity index (χ0n) is 15.4. The van der Waals surface area contributed by atoms with E-state index in [0.717, 1.165) is 12.1 Å². The summed E-state index contributed by atoms with van der Waals surface area (Å²) >= 11 is 6.00. The number of rotatable bonds is 4. The third-order valence-corrected chi connectivity index (χ3v) is 5.28. The first kappa shape index (κ1) is 20.5. The Hall–Kier alpha value is -2.28. The van der Waals surface area contributed by atoms with Gasteiger partial charge in [-0.1, -0.05) is 11.6 Å². The van der Waals surface area contributed by atoms with Crippen LogP contribution in [0.2, 0.25) is 5.02 Å². The van der Waals surface area contributed by atoms with Gasteiger partial charge in [0.15, 0.2) is 11.5 Å². The van der Waals surface area contributed by atoms with Crippen LogP contribution in [0.25, 0.3) is 17.1 Å². The normalized spacial score (nSPS) is 18.9. The zero-order valence-corrected chi connectivity index (χ0v) is 17.0. The van der Waals surface area contributed by atoms with Crippen molar-refractivity contribution in [3.8, 4) is 17.1 Å². The third-order valence-electron chi connectivity index (χ3n) is 5.03. The average Bonchev–Trinajstić information content (AvgIpc) is 3.40. The van der Waals surface area contributed by atoms with Crippen LogP contribution in [0.1, 0.15) is 23.8 Å². The van der Waals surface area contributed by atoms with Crippen LogP contribution in [0.4, 0.5) is 0 Å². The molecule has 28 heavy (non-hydrogen) atoms. The maximum absolute atomic E-state index is 13.1. The minimum absolute atomic E-state index is 0. The summed E-state index contributed by atoms with van der Waals surface area (Å²) in [5.41, 5.74) is 7.71. The topological polar surface area (TPSA) is 77.3 Å². The molecule has 1 amide bonds. The first-order valence-electron chi connectivity index (χ1n) is 8.97. The summed E-state index contributed by atoms with van der Waals surface area (Å²) in [6.45, 7) is 3.31. The van der Waals surface area contributed by atoms with Crippen LogP contribution in [0.3, 0.4) is 0 Å². The van der Waals surface area contributed by atoms with Crippen molar-refractivity contribution in [1.82, 2.24) is 14.7 Å². The molecule has 2 atom stereocenters. The zero-order chi connectivity index (χ0) is 19.0. The summed E-state index contributed by atoms with van der Waals surface area (Å²) in [4.78, 5) is 15.0. The van der Waals surface area contributed by atoms with Gasteiger partial charge >= 0.3 is 0 Å². The Morgan fingerprint density at radius 1 is 1.32 bits per heavy atom. The molecule has 1 saturated heterocycles. The lowest BCUT2D eigenvalue weighted by atomic mass is 10.1. The van der Waals surface area contributed by atoms with Gasteiger partial charge < -0.3 is 15.1 Å². The molecule has 2 aromatic heterocycles. The van der Waals surface area contributed by atoms with E-state index in [0.29, 0.717) is 41.2 Å². The molecular weight excluding hydrogens is 399 g/mol. The Morgan fingerprint density at radius 3 is 2.68 bits per heavy atom. The van der Waals surface area contributed by atoms with Gasteiger partial charge in [0.05, 0.1) is 12.0 Å². The number of carbonyl (C=O) groups is 1. The molecule has 2 unspecified atom stereocenters. The van der Waals surface area contributed by atoms with Gasteiger partial charge in [-0.3, -0.25) is 4.79 Å². The first-order chi connectivity index (χ1) is 13.1. The highest BCUT2D eigenvalue weighted by molar-refractivity contribution is 6.30. The van der Waals surface area contributed by atoms with Crippen molar-refractivity contribution in [2.45, 2.75) is 19.4 Å². The molecule has 3 aromatic rings. The molecule has 0 saturated carbocycles. The van der Waals surface area contributed by atoms with E-state index in [1.807, 2.05) is 29.2 Å². The second kappa shape index (κ2) is 8.39. The van der Waals surface area contributed by atoms with Crippen LogP contribution in [-0.4, -0.2) is 39.7 Å². The molecule has 3 heterocycles. The first-order valence-corrected chi connectivity index (χ1v) is 9.35. The van der Waals surface area contributed by atoms with Crippen molar-refractivity contribution in [3.05, 3.63) is 59.4 Å². The molecule has 0 aliphatic carbocycles. The number of nitrogens with zero attached hydrogens (tertiary/aromatic N) is 3. The van der Waals surface area contributed by atoms with E-state index >= 15 is 0 Å². The number of carbonyl (C=O) groups excluding carboxylic acids is 1. The van der Waals surface area contributed by atoms with Crippen LogP contribution in [0, 0.1) is 5.92 Å². The number of hydrogen-bond donors (Lipinski definition) is 1. The number of aromatic nitrogens is 2. The number of likely N-dealkylation sites (tertiary alicyclic amines) is 1. The van der Waals surface area contributed by atoms with Crippen molar-refractivity contribution in [3.63, 3.8) is 0 Å². The van der Waals surface area contributed by atoms with Crippen molar-refractivity contribution in [2.24, 2.45) is 11.7 Å². The van der Waals surface area contributed by atoms with Gasteiger partial charge in [0.2, 0.25) is 0 Å². The summed E-state index contributed by atoms with van der Waals surface area (Å²) < 4.78 is 7.26. The molecule has 0 bridgehead atoms. The number of hydrogen-bond acceptors (Lipinski definition) is 4. The lowest BCUT2D eigenvalue weighted by molar-refractivity contribution is 0.0737. The summed E-state index contributed by atoms with van der Waals surface area (Å²) in [6, 6.07) is 12.9. The van der Waals surface area contributed by atoms with E-state index in [-0.39, 0.29) is 24.4 Å².